The molecule has 1 saturated heterocycles. The smallest absolute Gasteiger partial charge is 0.434 e. The van der Waals surface area contributed by atoms with Gasteiger partial charge in [-0.1, -0.05) is 41.6 Å². The number of alkyl halides is 3. The van der Waals surface area contributed by atoms with Crippen molar-refractivity contribution >= 4 is 34.7 Å². The topological polar surface area (TPSA) is 82.5 Å². The van der Waals surface area contributed by atoms with Crippen molar-refractivity contribution < 1.29 is 32.3 Å². The summed E-state index contributed by atoms with van der Waals surface area (Å²) in [6.07, 6.45) is -4.98. The van der Waals surface area contributed by atoms with Gasteiger partial charge in [-0.25, -0.2) is 9.79 Å². The molecule has 0 radical (unpaired) electrons. The predicted molar refractivity (Wildman–Crippen MR) is 132 cm³/mol. The van der Waals surface area contributed by atoms with E-state index in [-0.39, 0.29) is 30.0 Å². The number of piperazine rings is 1. The normalized spacial score (nSPS) is 19.9. The molecule has 3 heterocycles. The van der Waals surface area contributed by atoms with Gasteiger partial charge >= 0.3 is 12.1 Å². The first kappa shape index (κ1) is 26.8. The van der Waals surface area contributed by atoms with E-state index in [4.69, 9.17) is 4.74 Å². The lowest BCUT2D eigenvalue weighted by Crippen LogP contribution is -2.50. The highest BCUT2D eigenvalue weighted by atomic mass is 32.2. The molecule has 1 aromatic carbocycles. The number of carbonyl (C=O) groups excluding carboxylic acids is 3. The first-order valence-electron chi connectivity index (χ1n) is 11.8. The van der Waals surface area contributed by atoms with E-state index in [1.54, 1.807) is 39.5 Å². The van der Waals surface area contributed by atoms with E-state index in [2.05, 4.69) is 4.99 Å². The fourth-order valence-corrected chi connectivity index (χ4v) is 5.41. The summed E-state index contributed by atoms with van der Waals surface area (Å²) in [5.74, 6) is -1.38. The predicted octanol–water partition coefficient (Wildman–Crippen LogP) is 3.76. The van der Waals surface area contributed by atoms with Crippen LogP contribution in [0.3, 0.4) is 0 Å². The molecule has 0 aromatic heterocycles. The Morgan fingerprint density at radius 1 is 1.08 bits per heavy atom. The van der Waals surface area contributed by atoms with Crippen molar-refractivity contribution in [1.29, 1.82) is 0 Å². The molecule has 1 unspecified atom stereocenters. The number of amides is 2. The third kappa shape index (κ3) is 5.53. The number of aryl methyl sites for hydroxylation is 1. The van der Waals surface area contributed by atoms with E-state index >= 15 is 0 Å². The van der Waals surface area contributed by atoms with Crippen molar-refractivity contribution in [2.24, 2.45) is 4.99 Å². The highest BCUT2D eigenvalue weighted by Gasteiger charge is 2.49. The van der Waals surface area contributed by atoms with E-state index in [1.807, 2.05) is 6.92 Å². The molecule has 0 saturated carbocycles. The van der Waals surface area contributed by atoms with Gasteiger partial charge in [-0.15, -0.1) is 0 Å². The zero-order valence-corrected chi connectivity index (χ0v) is 21.5. The van der Waals surface area contributed by atoms with Gasteiger partial charge in [0.15, 0.2) is 10.9 Å². The molecule has 1 atom stereocenters. The molecule has 1 fully saturated rings. The molecule has 12 heteroatoms. The van der Waals surface area contributed by atoms with Gasteiger partial charge in [0, 0.05) is 38.8 Å². The SMILES string of the molecule is CCOC(=O)C1=C(C(F)(F)F)N=C2SC=C(CC(=O)N3CCN(C(C)=O)CC3)N2C1c1ccc(C)cc1. The minimum atomic E-state index is -4.89. The zero-order valence-electron chi connectivity index (χ0n) is 20.7. The lowest BCUT2D eigenvalue weighted by atomic mass is 9.92. The number of hydrogen-bond donors (Lipinski definition) is 0. The average molecular weight is 537 g/mol. The Kier molecular flexibility index (Phi) is 7.67. The molecule has 3 aliphatic heterocycles. The Labute approximate surface area is 216 Å². The van der Waals surface area contributed by atoms with Crippen molar-refractivity contribution in [2.45, 2.75) is 39.4 Å². The fraction of sp³-hybridized carbons (Fsp3) is 0.440. The molecule has 3 aliphatic rings. The Balaban J connectivity index is 1.69. The minimum Gasteiger partial charge on any atom is -0.463 e. The van der Waals surface area contributed by atoms with Crippen LogP contribution in [0.25, 0.3) is 0 Å². The maximum atomic E-state index is 14.1. The third-order valence-corrected chi connectivity index (χ3v) is 7.27. The largest absolute Gasteiger partial charge is 0.463 e. The monoisotopic (exact) mass is 536 g/mol. The standard InChI is InChI=1S/C25H27F3N4O4S/c1-4-36-23(35)20-21(17-7-5-15(2)6-8-17)32-18(14-37-24(32)29-22(20)25(26,27)28)13-19(34)31-11-9-30(10-12-31)16(3)33/h5-8,14,21H,4,9-13H2,1-3H3. The molecule has 4 rings (SSSR count). The molecular weight excluding hydrogens is 509 g/mol. The van der Waals surface area contributed by atoms with Crippen LogP contribution in [0.1, 0.15) is 37.4 Å². The van der Waals surface area contributed by atoms with E-state index < -0.39 is 29.5 Å². The first-order valence-corrected chi connectivity index (χ1v) is 12.7. The fourth-order valence-electron chi connectivity index (χ4n) is 4.49. The number of hydrogen-bond acceptors (Lipinski definition) is 7. The van der Waals surface area contributed by atoms with Crippen LogP contribution in [-0.2, 0) is 19.1 Å². The van der Waals surface area contributed by atoms with Crippen LogP contribution in [0.15, 0.2) is 51.6 Å². The van der Waals surface area contributed by atoms with Gasteiger partial charge in [0.2, 0.25) is 11.8 Å². The Morgan fingerprint density at radius 3 is 2.27 bits per heavy atom. The summed E-state index contributed by atoms with van der Waals surface area (Å²) in [6, 6.07) is 5.66. The van der Waals surface area contributed by atoms with E-state index in [0.717, 1.165) is 17.3 Å². The van der Waals surface area contributed by atoms with Crippen LogP contribution in [0.4, 0.5) is 13.2 Å². The molecule has 1 aromatic rings. The number of allylic oxidation sites excluding steroid dienone is 1. The molecule has 0 N–H and O–H groups in total. The van der Waals surface area contributed by atoms with Crippen LogP contribution in [0, 0.1) is 6.92 Å². The van der Waals surface area contributed by atoms with Crippen LogP contribution in [0.5, 0.6) is 0 Å². The summed E-state index contributed by atoms with van der Waals surface area (Å²) in [5, 5.41) is 1.64. The molecule has 2 amide bonds. The van der Waals surface area contributed by atoms with E-state index in [1.165, 1.54) is 18.7 Å². The molecular formula is C25H27F3N4O4S. The summed E-state index contributed by atoms with van der Waals surface area (Å²) in [7, 11) is 0. The number of rotatable bonds is 5. The number of carbonyl (C=O) groups is 3. The molecule has 0 aliphatic carbocycles. The number of fused-ring (bicyclic) bond motifs is 1. The number of nitrogens with zero attached hydrogens (tertiary/aromatic N) is 4. The van der Waals surface area contributed by atoms with Crippen LogP contribution < -0.4 is 0 Å². The van der Waals surface area contributed by atoms with Crippen molar-refractivity contribution in [1.82, 2.24) is 14.7 Å². The minimum absolute atomic E-state index is 0.0372. The van der Waals surface area contributed by atoms with E-state index in [0.29, 0.717) is 37.4 Å². The maximum absolute atomic E-state index is 14.1. The number of esters is 1. The third-order valence-electron chi connectivity index (χ3n) is 6.38. The summed E-state index contributed by atoms with van der Waals surface area (Å²) in [6.45, 7) is 6.32. The second-order valence-corrected chi connectivity index (χ2v) is 9.69. The van der Waals surface area contributed by atoms with Gasteiger partial charge in [0.1, 0.15) is 0 Å². The van der Waals surface area contributed by atoms with Crippen molar-refractivity contribution in [3.63, 3.8) is 0 Å². The second-order valence-electron chi connectivity index (χ2n) is 8.85. The highest BCUT2D eigenvalue weighted by molar-refractivity contribution is 8.16. The first-order chi connectivity index (χ1) is 17.5. The molecule has 0 spiro atoms. The molecule has 0 bridgehead atoms. The van der Waals surface area contributed by atoms with E-state index in [9.17, 15) is 27.6 Å². The number of thioether (sulfide) groups is 1. The van der Waals surface area contributed by atoms with Gasteiger partial charge in [0.05, 0.1) is 24.6 Å². The number of halogens is 3. The maximum Gasteiger partial charge on any atom is 0.434 e. The lowest BCUT2D eigenvalue weighted by Gasteiger charge is -2.38. The van der Waals surface area contributed by atoms with Gasteiger partial charge in [-0.3, -0.25) is 9.59 Å². The Bertz CT molecular complexity index is 1190. The number of aliphatic imine (C=N–C) groups is 1. The van der Waals surface area contributed by atoms with Gasteiger partial charge < -0.3 is 19.4 Å². The quantitative estimate of drug-likeness (QED) is 0.533. The number of ether oxygens (including phenoxy) is 1. The van der Waals surface area contributed by atoms with Crippen LogP contribution >= 0.6 is 11.8 Å². The number of benzene rings is 1. The number of amidine groups is 1. The summed E-state index contributed by atoms with van der Waals surface area (Å²) < 4.78 is 47.4. The van der Waals surface area contributed by atoms with Crippen molar-refractivity contribution in [3.8, 4) is 0 Å². The highest BCUT2D eigenvalue weighted by Crippen LogP contribution is 2.48. The van der Waals surface area contributed by atoms with Gasteiger partial charge in [0.25, 0.3) is 0 Å². The average Bonchev–Trinajstić information content (AvgIpc) is 3.25. The lowest BCUT2D eigenvalue weighted by molar-refractivity contribution is -0.141. The molecule has 8 nitrogen and oxygen atoms in total. The Hall–Kier alpha value is -3.28. The second kappa shape index (κ2) is 10.6. The summed E-state index contributed by atoms with van der Waals surface area (Å²) in [4.78, 5) is 46.4. The van der Waals surface area contributed by atoms with Crippen LogP contribution in [0.2, 0.25) is 0 Å². The van der Waals surface area contributed by atoms with Crippen molar-refractivity contribution in [2.75, 3.05) is 32.8 Å². The molecule has 198 valence electrons. The van der Waals surface area contributed by atoms with Gasteiger partial charge in [-0.2, -0.15) is 13.2 Å². The van der Waals surface area contributed by atoms with Crippen LogP contribution in [-0.4, -0.2) is 76.6 Å². The summed E-state index contributed by atoms with van der Waals surface area (Å²) in [5.41, 5.74) is -0.123. The molecule has 37 heavy (non-hydrogen) atoms. The zero-order chi connectivity index (χ0) is 26.9. The summed E-state index contributed by atoms with van der Waals surface area (Å²) >= 11 is 0.980. The van der Waals surface area contributed by atoms with Gasteiger partial charge in [-0.05, 0) is 24.8 Å². The van der Waals surface area contributed by atoms with Crippen molar-refractivity contribution in [3.05, 3.63) is 57.8 Å². The Morgan fingerprint density at radius 2 is 1.70 bits per heavy atom.